The van der Waals surface area contributed by atoms with Gasteiger partial charge in [-0.15, -0.1) is 5.10 Å². The first-order chi connectivity index (χ1) is 10.6. The number of aromatic carboxylic acids is 1. The molecule has 0 atom stereocenters. The zero-order valence-corrected chi connectivity index (χ0v) is 12.7. The molecule has 7 nitrogen and oxygen atoms in total. The third kappa shape index (κ3) is 2.67. The Kier molecular flexibility index (Phi) is 3.81. The average molecular weight is 301 g/mol. The van der Waals surface area contributed by atoms with Gasteiger partial charge in [-0.3, -0.25) is 0 Å². The van der Waals surface area contributed by atoms with E-state index in [-0.39, 0.29) is 5.69 Å². The lowest BCUT2D eigenvalue weighted by Gasteiger charge is -2.34. The Hall–Kier alpha value is -2.41. The normalized spacial score (nSPS) is 16.0. The summed E-state index contributed by atoms with van der Waals surface area (Å²) in [6, 6.07) is 7.98. The third-order valence-electron chi connectivity index (χ3n) is 4.06. The van der Waals surface area contributed by atoms with Crippen LogP contribution in [0.5, 0.6) is 0 Å². The molecule has 7 heteroatoms. The van der Waals surface area contributed by atoms with Gasteiger partial charge in [0, 0.05) is 31.9 Å². The molecule has 2 heterocycles. The van der Waals surface area contributed by atoms with Gasteiger partial charge in [0.1, 0.15) is 0 Å². The van der Waals surface area contributed by atoms with E-state index in [1.807, 2.05) is 24.3 Å². The van der Waals surface area contributed by atoms with E-state index >= 15 is 0 Å². The molecule has 1 N–H and O–H groups in total. The van der Waals surface area contributed by atoms with Crippen LogP contribution in [-0.4, -0.2) is 64.2 Å². The van der Waals surface area contributed by atoms with Gasteiger partial charge in [-0.1, -0.05) is 5.21 Å². The minimum Gasteiger partial charge on any atom is -0.476 e. The molecule has 0 aliphatic carbocycles. The van der Waals surface area contributed by atoms with Gasteiger partial charge in [0.25, 0.3) is 0 Å². The molecule has 1 aliphatic heterocycles. The predicted molar refractivity (Wildman–Crippen MR) is 82.8 cm³/mol. The smallest absolute Gasteiger partial charge is 0.358 e. The number of rotatable bonds is 3. The highest BCUT2D eigenvalue weighted by Crippen LogP contribution is 2.19. The van der Waals surface area contributed by atoms with Gasteiger partial charge in [0.2, 0.25) is 0 Å². The van der Waals surface area contributed by atoms with Crippen LogP contribution >= 0.6 is 0 Å². The van der Waals surface area contributed by atoms with Gasteiger partial charge in [0.15, 0.2) is 5.69 Å². The van der Waals surface area contributed by atoms with Crippen LogP contribution in [0.1, 0.15) is 16.2 Å². The number of benzene rings is 1. The van der Waals surface area contributed by atoms with E-state index in [1.165, 1.54) is 5.69 Å². The summed E-state index contributed by atoms with van der Waals surface area (Å²) in [5.41, 5.74) is 2.51. The van der Waals surface area contributed by atoms with E-state index in [1.54, 1.807) is 11.6 Å². The maximum absolute atomic E-state index is 11.0. The molecule has 1 aromatic heterocycles. The maximum atomic E-state index is 11.0. The van der Waals surface area contributed by atoms with Crippen LogP contribution in [0, 0.1) is 6.92 Å². The number of likely N-dealkylation sites (N-methyl/N-ethyl adjacent to an activating group) is 1. The molecule has 116 valence electrons. The van der Waals surface area contributed by atoms with Crippen molar-refractivity contribution in [2.75, 3.05) is 38.1 Å². The van der Waals surface area contributed by atoms with Crippen molar-refractivity contribution in [1.29, 1.82) is 0 Å². The van der Waals surface area contributed by atoms with Crippen LogP contribution in [0.4, 0.5) is 5.69 Å². The molecule has 0 amide bonds. The topological polar surface area (TPSA) is 74.5 Å². The van der Waals surface area contributed by atoms with E-state index in [0.29, 0.717) is 5.69 Å². The van der Waals surface area contributed by atoms with Crippen LogP contribution in [-0.2, 0) is 0 Å². The number of nitrogens with zero attached hydrogens (tertiary/aromatic N) is 5. The van der Waals surface area contributed by atoms with Gasteiger partial charge in [-0.2, -0.15) is 0 Å². The minimum absolute atomic E-state index is 0.0110. The number of hydrogen-bond acceptors (Lipinski definition) is 5. The van der Waals surface area contributed by atoms with Crippen LogP contribution in [0.15, 0.2) is 24.3 Å². The SMILES string of the molecule is Cc1c(C(=O)O)nnn1-c1ccc(N2CCN(C)CC2)cc1. The lowest BCUT2D eigenvalue weighted by molar-refractivity contribution is 0.0689. The van der Waals surface area contributed by atoms with E-state index < -0.39 is 5.97 Å². The molecular weight excluding hydrogens is 282 g/mol. The summed E-state index contributed by atoms with van der Waals surface area (Å²) in [5.74, 6) is -1.06. The molecule has 22 heavy (non-hydrogen) atoms. The Balaban J connectivity index is 1.81. The van der Waals surface area contributed by atoms with Crippen molar-refractivity contribution >= 4 is 11.7 Å². The first kappa shape index (κ1) is 14.5. The van der Waals surface area contributed by atoms with Gasteiger partial charge < -0.3 is 14.9 Å². The second-order valence-corrected chi connectivity index (χ2v) is 5.55. The van der Waals surface area contributed by atoms with Crippen molar-refractivity contribution in [3.8, 4) is 5.69 Å². The van der Waals surface area contributed by atoms with Gasteiger partial charge in [0.05, 0.1) is 11.4 Å². The number of hydrogen-bond donors (Lipinski definition) is 1. The summed E-state index contributed by atoms with van der Waals surface area (Å²) >= 11 is 0. The highest BCUT2D eigenvalue weighted by atomic mass is 16.4. The van der Waals surface area contributed by atoms with Gasteiger partial charge in [-0.25, -0.2) is 9.48 Å². The van der Waals surface area contributed by atoms with Crippen LogP contribution in [0.3, 0.4) is 0 Å². The Morgan fingerprint density at radius 1 is 1.09 bits per heavy atom. The molecule has 1 aliphatic rings. The number of carbonyl (C=O) groups is 1. The highest BCUT2D eigenvalue weighted by molar-refractivity contribution is 5.86. The molecule has 2 aromatic rings. The summed E-state index contributed by atoms with van der Waals surface area (Å²) < 4.78 is 1.55. The molecule has 3 rings (SSSR count). The van der Waals surface area contributed by atoms with Crippen LogP contribution < -0.4 is 4.90 Å². The molecule has 0 unspecified atom stereocenters. The summed E-state index contributed by atoms with van der Waals surface area (Å²) in [7, 11) is 2.13. The Labute approximate surface area is 128 Å². The van der Waals surface area contributed by atoms with E-state index in [9.17, 15) is 4.79 Å². The Morgan fingerprint density at radius 3 is 2.23 bits per heavy atom. The highest BCUT2D eigenvalue weighted by Gasteiger charge is 2.17. The number of carboxylic acid groups (broad SMARTS) is 1. The zero-order chi connectivity index (χ0) is 15.7. The summed E-state index contributed by atoms with van der Waals surface area (Å²) in [4.78, 5) is 15.7. The fourth-order valence-corrected chi connectivity index (χ4v) is 2.64. The number of anilines is 1. The average Bonchev–Trinajstić information content (AvgIpc) is 2.90. The van der Waals surface area contributed by atoms with Gasteiger partial charge >= 0.3 is 5.97 Å². The maximum Gasteiger partial charge on any atom is 0.358 e. The molecule has 0 spiro atoms. The number of carboxylic acids is 1. The van der Waals surface area contributed by atoms with E-state index in [0.717, 1.165) is 31.9 Å². The number of aromatic nitrogens is 3. The Bertz CT molecular complexity index is 672. The minimum atomic E-state index is -1.06. The summed E-state index contributed by atoms with van der Waals surface area (Å²) in [6.45, 7) is 5.86. The van der Waals surface area contributed by atoms with Crippen LogP contribution in [0.2, 0.25) is 0 Å². The quantitative estimate of drug-likeness (QED) is 0.912. The fourth-order valence-electron chi connectivity index (χ4n) is 2.64. The molecule has 1 saturated heterocycles. The molecule has 1 aromatic carbocycles. The third-order valence-corrected chi connectivity index (χ3v) is 4.06. The monoisotopic (exact) mass is 301 g/mol. The van der Waals surface area contributed by atoms with Crippen molar-refractivity contribution in [2.24, 2.45) is 0 Å². The summed E-state index contributed by atoms with van der Waals surface area (Å²) in [5, 5.41) is 16.7. The Morgan fingerprint density at radius 2 is 1.68 bits per heavy atom. The lowest BCUT2D eigenvalue weighted by atomic mass is 10.2. The number of piperazine rings is 1. The molecule has 0 radical (unpaired) electrons. The lowest BCUT2D eigenvalue weighted by Crippen LogP contribution is -2.44. The van der Waals surface area contributed by atoms with Gasteiger partial charge in [-0.05, 0) is 38.2 Å². The second-order valence-electron chi connectivity index (χ2n) is 5.55. The first-order valence-electron chi connectivity index (χ1n) is 7.26. The first-order valence-corrected chi connectivity index (χ1v) is 7.26. The van der Waals surface area contributed by atoms with Crippen molar-refractivity contribution in [3.63, 3.8) is 0 Å². The van der Waals surface area contributed by atoms with Crippen LogP contribution in [0.25, 0.3) is 5.69 Å². The standard InChI is InChI=1S/C15H19N5O2/c1-11-14(15(21)22)16-17-20(11)13-5-3-12(4-6-13)19-9-7-18(2)8-10-19/h3-6H,7-10H2,1-2H3,(H,21,22). The summed E-state index contributed by atoms with van der Waals surface area (Å²) in [6.07, 6.45) is 0. The van der Waals surface area contributed by atoms with Crippen molar-refractivity contribution < 1.29 is 9.90 Å². The molecule has 1 fully saturated rings. The largest absolute Gasteiger partial charge is 0.476 e. The predicted octanol–water partition coefficient (Wildman–Crippen LogP) is 1.03. The molecule has 0 bridgehead atoms. The molecular formula is C15H19N5O2. The van der Waals surface area contributed by atoms with Crippen molar-refractivity contribution in [2.45, 2.75) is 6.92 Å². The zero-order valence-electron chi connectivity index (χ0n) is 12.7. The van der Waals surface area contributed by atoms with Crippen molar-refractivity contribution in [1.82, 2.24) is 19.9 Å². The second kappa shape index (κ2) is 5.76. The van der Waals surface area contributed by atoms with Crippen molar-refractivity contribution in [3.05, 3.63) is 35.7 Å². The van der Waals surface area contributed by atoms with E-state index in [2.05, 4.69) is 27.2 Å². The molecule has 0 saturated carbocycles. The fraction of sp³-hybridized carbons (Fsp3) is 0.400. The van der Waals surface area contributed by atoms with E-state index in [4.69, 9.17) is 5.11 Å².